The van der Waals surface area contributed by atoms with E-state index in [4.69, 9.17) is 4.74 Å². The first-order valence-electron chi connectivity index (χ1n) is 9.39. The molecule has 26 heavy (non-hydrogen) atoms. The first-order chi connectivity index (χ1) is 12.7. The number of nitrogens with zero attached hydrogens (tertiary/aromatic N) is 1. The van der Waals surface area contributed by atoms with Gasteiger partial charge in [-0.25, -0.2) is 0 Å². The van der Waals surface area contributed by atoms with E-state index in [0.29, 0.717) is 32.4 Å². The molecule has 0 bridgehead atoms. The normalized spacial score (nSPS) is 14.0. The number of nitrogens with one attached hydrogen (secondary N) is 1. The van der Waals surface area contributed by atoms with E-state index in [1.807, 2.05) is 35.2 Å². The van der Waals surface area contributed by atoms with Crippen LogP contribution in [-0.2, 0) is 9.59 Å². The molecule has 0 spiro atoms. The topological polar surface area (TPSA) is 58.6 Å². The van der Waals surface area contributed by atoms with E-state index < -0.39 is 0 Å². The van der Waals surface area contributed by atoms with Gasteiger partial charge in [-0.15, -0.1) is 0 Å². The van der Waals surface area contributed by atoms with E-state index in [1.165, 1.54) is 0 Å². The van der Waals surface area contributed by atoms with Gasteiger partial charge in [0, 0.05) is 37.9 Å². The lowest BCUT2D eigenvalue weighted by molar-refractivity contribution is -0.127. The molecular weight excluding hydrogens is 328 g/mol. The summed E-state index contributed by atoms with van der Waals surface area (Å²) in [5, 5.41) is 5.16. The molecule has 1 aliphatic heterocycles. The fourth-order valence-electron chi connectivity index (χ4n) is 3.26. The van der Waals surface area contributed by atoms with Crippen molar-refractivity contribution in [2.45, 2.75) is 32.1 Å². The maximum Gasteiger partial charge on any atom is 0.222 e. The molecule has 1 fully saturated rings. The Morgan fingerprint density at radius 1 is 1.12 bits per heavy atom. The van der Waals surface area contributed by atoms with E-state index >= 15 is 0 Å². The lowest BCUT2D eigenvalue weighted by atomic mass is 10.1. The lowest BCUT2D eigenvalue weighted by Gasteiger charge is -2.15. The van der Waals surface area contributed by atoms with Crippen molar-refractivity contribution in [1.29, 1.82) is 0 Å². The number of likely N-dealkylation sites (tertiary alicyclic amines) is 1. The van der Waals surface area contributed by atoms with Gasteiger partial charge in [-0.3, -0.25) is 9.59 Å². The summed E-state index contributed by atoms with van der Waals surface area (Å²) in [5.41, 5.74) is 0. The first-order valence-corrected chi connectivity index (χ1v) is 9.39. The van der Waals surface area contributed by atoms with Gasteiger partial charge in [-0.1, -0.05) is 36.4 Å². The van der Waals surface area contributed by atoms with Crippen LogP contribution in [0.2, 0.25) is 0 Å². The van der Waals surface area contributed by atoms with Gasteiger partial charge in [-0.05, 0) is 30.7 Å². The number of ether oxygens (including phenoxy) is 1. The number of carbonyl (C=O) groups is 2. The molecule has 0 saturated carbocycles. The summed E-state index contributed by atoms with van der Waals surface area (Å²) in [7, 11) is 0. The molecule has 138 valence electrons. The predicted octanol–water partition coefficient (Wildman–Crippen LogP) is 3.13. The molecule has 0 aliphatic carbocycles. The molecule has 2 aromatic rings. The van der Waals surface area contributed by atoms with E-state index in [0.717, 1.165) is 42.5 Å². The van der Waals surface area contributed by atoms with Gasteiger partial charge in [0.05, 0.1) is 6.61 Å². The number of carbonyl (C=O) groups excluding carboxylic acids is 2. The summed E-state index contributed by atoms with van der Waals surface area (Å²) in [5.74, 6) is 1.14. The van der Waals surface area contributed by atoms with E-state index in [9.17, 15) is 9.59 Å². The molecule has 5 heteroatoms. The predicted molar refractivity (Wildman–Crippen MR) is 102 cm³/mol. The fraction of sp³-hybridized carbons (Fsp3) is 0.429. The molecule has 0 unspecified atom stereocenters. The third-order valence-corrected chi connectivity index (χ3v) is 4.65. The minimum atomic E-state index is 0.0410. The summed E-state index contributed by atoms with van der Waals surface area (Å²) >= 11 is 0. The summed E-state index contributed by atoms with van der Waals surface area (Å²) in [6.45, 7) is 2.73. The van der Waals surface area contributed by atoms with Crippen molar-refractivity contribution in [1.82, 2.24) is 10.2 Å². The minimum absolute atomic E-state index is 0.0410. The van der Waals surface area contributed by atoms with Gasteiger partial charge in [0.2, 0.25) is 11.8 Å². The van der Waals surface area contributed by atoms with Crippen LogP contribution >= 0.6 is 0 Å². The largest absolute Gasteiger partial charge is 0.493 e. The van der Waals surface area contributed by atoms with Crippen LogP contribution in [0.4, 0.5) is 0 Å². The second-order valence-electron chi connectivity index (χ2n) is 6.62. The highest BCUT2D eigenvalue weighted by Crippen LogP contribution is 2.25. The molecule has 2 aromatic carbocycles. The molecular formula is C21H26N2O3. The number of hydrogen-bond donors (Lipinski definition) is 1. The van der Waals surface area contributed by atoms with Crippen LogP contribution in [0.1, 0.15) is 32.1 Å². The van der Waals surface area contributed by atoms with Crippen molar-refractivity contribution in [3.63, 3.8) is 0 Å². The van der Waals surface area contributed by atoms with E-state index in [2.05, 4.69) is 17.4 Å². The van der Waals surface area contributed by atoms with Crippen LogP contribution in [0.25, 0.3) is 10.8 Å². The Morgan fingerprint density at radius 2 is 1.96 bits per heavy atom. The number of fused-ring (bicyclic) bond motifs is 1. The Morgan fingerprint density at radius 3 is 2.81 bits per heavy atom. The Balaban J connectivity index is 1.30. The standard InChI is InChI=1S/C21H26N2O3/c24-20(22-13-6-15-23-14-4-12-21(23)25)11-5-16-26-19-10-3-8-17-7-1-2-9-18(17)19/h1-3,7-10H,4-6,11-16H2,(H,22,24). The maximum atomic E-state index is 11.9. The highest BCUT2D eigenvalue weighted by Gasteiger charge is 2.18. The van der Waals surface area contributed by atoms with Crippen molar-refractivity contribution in [2.24, 2.45) is 0 Å². The number of amides is 2. The van der Waals surface area contributed by atoms with Gasteiger partial charge in [0.1, 0.15) is 5.75 Å². The van der Waals surface area contributed by atoms with Gasteiger partial charge < -0.3 is 15.0 Å². The van der Waals surface area contributed by atoms with Crippen molar-refractivity contribution in [3.8, 4) is 5.75 Å². The lowest BCUT2D eigenvalue weighted by Crippen LogP contribution is -2.30. The average molecular weight is 354 g/mol. The minimum Gasteiger partial charge on any atom is -0.493 e. The summed E-state index contributed by atoms with van der Waals surface area (Å²) in [6.07, 6.45) is 3.57. The van der Waals surface area contributed by atoms with Crippen LogP contribution in [-0.4, -0.2) is 43.0 Å². The molecule has 1 saturated heterocycles. The summed E-state index contributed by atoms with van der Waals surface area (Å²) in [6, 6.07) is 14.1. The van der Waals surface area contributed by atoms with Gasteiger partial charge in [0.15, 0.2) is 0 Å². The van der Waals surface area contributed by atoms with Crippen LogP contribution < -0.4 is 10.1 Å². The van der Waals surface area contributed by atoms with Gasteiger partial charge in [-0.2, -0.15) is 0 Å². The summed E-state index contributed by atoms with van der Waals surface area (Å²) in [4.78, 5) is 25.3. The number of rotatable bonds is 9. The molecule has 0 aromatic heterocycles. The van der Waals surface area contributed by atoms with Crippen molar-refractivity contribution in [3.05, 3.63) is 42.5 Å². The van der Waals surface area contributed by atoms with E-state index in [1.54, 1.807) is 0 Å². The van der Waals surface area contributed by atoms with Gasteiger partial charge >= 0.3 is 0 Å². The summed E-state index contributed by atoms with van der Waals surface area (Å²) < 4.78 is 5.85. The van der Waals surface area contributed by atoms with Crippen LogP contribution in [0, 0.1) is 0 Å². The third kappa shape index (κ3) is 4.97. The van der Waals surface area contributed by atoms with Crippen molar-refractivity contribution < 1.29 is 14.3 Å². The fourth-order valence-corrected chi connectivity index (χ4v) is 3.26. The highest BCUT2D eigenvalue weighted by molar-refractivity contribution is 5.88. The average Bonchev–Trinajstić information content (AvgIpc) is 3.07. The van der Waals surface area contributed by atoms with Crippen LogP contribution in [0.3, 0.4) is 0 Å². The zero-order valence-corrected chi connectivity index (χ0v) is 15.1. The molecule has 1 heterocycles. The molecule has 1 N–H and O–H groups in total. The Kier molecular flexibility index (Phi) is 6.47. The molecule has 3 rings (SSSR count). The van der Waals surface area contributed by atoms with Crippen molar-refractivity contribution in [2.75, 3.05) is 26.2 Å². The molecule has 2 amide bonds. The molecule has 0 radical (unpaired) electrons. The SMILES string of the molecule is O=C(CCCOc1cccc2ccccc12)NCCCN1CCCC1=O. The molecule has 1 aliphatic rings. The Hall–Kier alpha value is -2.56. The quantitative estimate of drug-likeness (QED) is 0.704. The second kappa shape index (κ2) is 9.22. The first kappa shape index (κ1) is 18.2. The number of hydrogen-bond acceptors (Lipinski definition) is 3. The monoisotopic (exact) mass is 354 g/mol. The molecule has 5 nitrogen and oxygen atoms in total. The maximum absolute atomic E-state index is 11.9. The Bertz CT molecular complexity index is 755. The number of benzene rings is 2. The van der Waals surface area contributed by atoms with Crippen molar-refractivity contribution >= 4 is 22.6 Å². The Labute approximate surface area is 154 Å². The third-order valence-electron chi connectivity index (χ3n) is 4.65. The smallest absolute Gasteiger partial charge is 0.222 e. The molecule has 0 atom stereocenters. The van der Waals surface area contributed by atoms with Crippen LogP contribution in [0.5, 0.6) is 5.75 Å². The van der Waals surface area contributed by atoms with E-state index in [-0.39, 0.29) is 11.8 Å². The zero-order chi connectivity index (χ0) is 18.2. The van der Waals surface area contributed by atoms with Gasteiger partial charge in [0.25, 0.3) is 0 Å². The van der Waals surface area contributed by atoms with Crippen LogP contribution in [0.15, 0.2) is 42.5 Å². The zero-order valence-electron chi connectivity index (χ0n) is 15.1. The highest BCUT2D eigenvalue weighted by atomic mass is 16.5. The second-order valence-corrected chi connectivity index (χ2v) is 6.62.